The molecule has 204 valence electrons. The van der Waals surface area contributed by atoms with Crippen LogP contribution in [0.25, 0.3) is 0 Å². The SMILES string of the molecule is C=C(C)C(=O)OCOC1=CC(C)(I)C=C2C(=C1)C=CC(C(F)(F)OC1=CC(C)(I)C=C(O)C=C1)=CC2(C)I. The minimum atomic E-state index is -3.66. The van der Waals surface area contributed by atoms with Gasteiger partial charge in [0.25, 0.3) is 0 Å². The summed E-state index contributed by atoms with van der Waals surface area (Å²) in [4.78, 5) is 11.7. The Balaban J connectivity index is 1.94. The number of rotatable bonds is 7. The first-order chi connectivity index (χ1) is 17.4. The highest BCUT2D eigenvalue weighted by molar-refractivity contribution is 14.1. The van der Waals surface area contributed by atoms with E-state index in [0.717, 1.165) is 5.57 Å². The van der Waals surface area contributed by atoms with E-state index in [1.54, 1.807) is 32.1 Å². The number of ether oxygens (including phenoxy) is 3. The maximum Gasteiger partial charge on any atom is 0.426 e. The number of esters is 1. The maximum absolute atomic E-state index is 15.6. The van der Waals surface area contributed by atoms with Crippen molar-refractivity contribution < 1.29 is 32.9 Å². The van der Waals surface area contributed by atoms with Crippen LogP contribution in [-0.2, 0) is 19.0 Å². The van der Waals surface area contributed by atoms with Crippen LogP contribution in [0.2, 0.25) is 0 Å². The van der Waals surface area contributed by atoms with Crippen molar-refractivity contribution in [3.05, 3.63) is 107 Å². The summed E-state index contributed by atoms with van der Waals surface area (Å²) in [5, 5.41) is 9.92. The molecule has 0 aromatic rings. The zero-order valence-electron chi connectivity index (χ0n) is 21.2. The van der Waals surface area contributed by atoms with Crippen molar-refractivity contribution in [1.29, 1.82) is 0 Å². The molecule has 0 saturated heterocycles. The van der Waals surface area contributed by atoms with Gasteiger partial charge in [0.15, 0.2) is 0 Å². The van der Waals surface area contributed by atoms with Gasteiger partial charge in [-0.05, 0) is 81.4 Å². The van der Waals surface area contributed by atoms with E-state index in [9.17, 15) is 9.90 Å². The fourth-order valence-electron chi connectivity index (χ4n) is 3.80. The molecule has 0 saturated carbocycles. The Bertz CT molecular complexity index is 1270. The van der Waals surface area contributed by atoms with Gasteiger partial charge in [-0.25, -0.2) is 4.79 Å². The Hall–Kier alpha value is -1.42. The molecule has 10 heteroatoms. The van der Waals surface area contributed by atoms with Crippen molar-refractivity contribution in [3.8, 4) is 0 Å². The van der Waals surface area contributed by atoms with E-state index >= 15 is 8.78 Å². The van der Waals surface area contributed by atoms with Crippen molar-refractivity contribution in [2.45, 2.75) is 44.1 Å². The monoisotopic (exact) mass is 862 g/mol. The number of halogens is 5. The van der Waals surface area contributed by atoms with Crippen LogP contribution in [0.4, 0.5) is 8.78 Å². The van der Waals surface area contributed by atoms with Gasteiger partial charge in [-0.1, -0.05) is 92.6 Å². The number of aliphatic hydroxyl groups excluding tert-OH is 1. The summed E-state index contributed by atoms with van der Waals surface area (Å²) in [7, 11) is 0. The number of carbonyl (C=O) groups excluding carboxylic acids is 1. The number of hydrogen-bond acceptors (Lipinski definition) is 5. The molecule has 0 spiro atoms. The molecule has 3 unspecified atom stereocenters. The number of hydrogen-bond donors (Lipinski definition) is 1. The first kappa shape index (κ1) is 31.1. The van der Waals surface area contributed by atoms with Gasteiger partial charge in [0.2, 0.25) is 6.79 Å². The van der Waals surface area contributed by atoms with Gasteiger partial charge in [-0.2, -0.15) is 8.78 Å². The highest BCUT2D eigenvalue weighted by atomic mass is 127. The molecular formula is C28H27F2I3O5. The molecule has 0 aromatic carbocycles. The number of fused-ring (bicyclic) bond motifs is 1. The molecule has 0 bridgehead atoms. The van der Waals surface area contributed by atoms with Gasteiger partial charge >= 0.3 is 12.1 Å². The second-order valence-corrected chi connectivity index (χ2v) is 16.4. The zero-order chi connectivity index (χ0) is 28.5. The van der Waals surface area contributed by atoms with Crippen molar-refractivity contribution in [3.63, 3.8) is 0 Å². The molecular weight excluding hydrogens is 835 g/mol. The molecule has 0 aromatic heterocycles. The molecule has 1 N–H and O–H groups in total. The van der Waals surface area contributed by atoms with E-state index in [4.69, 9.17) is 14.2 Å². The molecule has 0 heterocycles. The number of allylic oxidation sites excluding steroid dienone is 11. The van der Waals surface area contributed by atoms with Crippen molar-refractivity contribution in [2.75, 3.05) is 6.79 Å². The van der Waals surface area contributed by atoms with E-state index < -0.39 is 22.3 Å². The summed E-state index contributed by atoms with van der Waals surface area (Å²) < 4.78 is 45.0. The molecule has 3 aliphatic rings. The predicted octanol–water partition coefficient (Wildman–Crippen LogP) is 8.41. The summed E-state index contributed by atoms with van der Waals surface area (Å²) in [6, 6.07) is 0. The summed E-state index contributed by atoms with van der Waals surface area (Å²) >= 11 is 6.42. The fraction of sp³-hybridized carbons (Fsp3) is 0.321. The predicted molar refractivity (Wildman–Crippen MR) is 170 cm³/mol. The third-order valence-corrected chi connectivity index (χ3v) is 7.61. The van der Waals surface area contributed by atoms with Crippen LogP contribution in [0, 0.1) is 0 Å². The van der Waals surface area contributed by atoms with Crippen molar-refractivity contribution in [1.82, 2.24) is 0 Å². The van der Waals surface area contributed by atoms with Crippen molar-refractivity contribution in [2.24, 2.45) is 0 Å². The fourth-order valence-corrected chi connectivity index (χ4v) is 5.85. The molecule has 38 heavy (non-hydrogen) atoms. The smallest absolute Gasteiger partial charge is 0.426 e. The Labute approximate surface area is 262 Å². The molecule has 5 nitrogen and oxygen atoms in total. The van der Waals surface area contributed by atoms with Crippen LogP contribution in [0.3, 0.4) is 0 Å². The van der Waals surface area contributed by atoms with Crippen LogP contribution < -0.4 is 0 Å². The Kier molecular flexibility index (Phi) is 9.49. The summed E-state index contributed by atoms with van der Waals surface area (Å²) in [6.45, 7) is 10.3. The third kappa shape index (κ3) is 8.29. The molecule has 0 aliphatic heterocycles. The lowest BCUT2D eigenvalue weighted by atomic mass is 9.92. The van der Waals surface area contributed by atoms with E-state index in [1.165, 1.54) is 30.4 Å². The van der Waals surface area contributed by atoms with E-state index in [2.05, 4.69) is 51.8 Å². The highest BCUT2D eigenvalue weighted by Gasteiger charge is 2.41. The zero-order valence-corrected chi connectivity index (χ0v) is 27.6. The first-order valence-electron chi connectivity index (χ1n) is 11.4. The topological polar surface area (TPSA) is 65.0 Å². The lowest BCUT2D eigenvalue weighted by Crippen LogP contribution is -2.26. The van der Waals surface area contributed by atoms with Crippen molar-refractivity contribution >= 4 is 73.7 Å². The largest absolute Gasteiger partial charge is 0.508 e. The lowest BCUT2D eigenvalue weighted by molar-refractivity contribution is -0.176. The first-order valence-corrected chi connectivity index (χ1v) is 14.6. The third-order valence-electron chi connectivity index (χ3n) is 5.47. The standard InChI is InChI=1S/C28H27F2I3O5/c1-17(2)24(35)37-16-36-22-10-18-6-7-19(11-27(5,33)23(18)15-26(4,32)14-22)28(29,30)38-21-9-8-20(34)12-25(3,31)13-21/h6-15,34H,1,16H2,2-5H3. The van der Waals surface area contributed by atoms with Crippen LogP contribution >= 0.6 is 67.8 Å². The highest BCUT2D eigenvalue weighted by Crippen LogP contribution is 2.45. The van der Waals surface area contributed by atoms with Gasteiger partial charge in [0.05, 0.1) is 15.8 Å². The lowest BCUT2D eigenvalue weighted by Gasteiger charge is -2.27. The molecule has 3 atom stereocenters. The van der Waals surface area contributed by atoms with Crippen LogP contribution in [0.15, 0.2) is 107 Å². The Morgan fingerprint density at radius 3 is 2.26 bits per heavy atom. The van der Waals surface area contributed by atoms with E-state index in [1.807, 2.05) is 48.6 Å². The summed E-state index contributed by atoms with van der Waals surface area (Å²) in [5.41, 5.74) is 1.43. The molecule has 0 amide bonds. The van der Waals surface area contributed by atoms with E-state index in [-0.39, 0.29) is 29.5 Å². The Morgan fingerprint density at radius 1 is 0.974 bits per heavy atom. The number of carbonyl (C=O) groups is 1. The van der Waals surface area contributed by atoms with Gasteiger partial charge in [-0.15, -0.1) is 0 Å². The second kappa shape index (κ2) is 11.6. The normalized spacial score (nSPS) is 29.1. The molecule has 0 fully saturated rings. The second-order valence-electron chi connectivity index (χ2n) is 9.56. The summed E-state index contributed by atoms with van der Waals surface area (Å²) in [6.07, 6.45) is 12.1. The van der Waals surface area contributed by atoms with Crippen LogP contribution in [0.5, 0.6) is 0 Å². The van der Waals surface area contributed by atoms with Gasteiger partial charge in [0, 0.05) is 5.57 Å². The summed E-state index contributed by atoms with van der Waals surface area (Å²) in [5.74, 6) is -0.227. The molecule has 3 rings (SSSR count). The van der Waals surface area contributed by atoms with E-state index in [0.29, 0.717) is 11.3 Å². The van der Waals surface area contributed by atoms with Gasteiger partial charge in [0.1, 0.15) is 17.3 Å². The van der Waals surface area contributed by atoms with Crippen LogP contribution in [0.1, 0.15) is 27.7 Å². The minimum absolute atomic E-state index is 0.0326. The maximum atomic E-state index is 15.6. The number of alkyl halides is 5. The molecule has 3 aliphatic carbocycles. The quantitative estimate of drug-likeness (QED) is 0.0917. The molecule has 0 radical (unpaired) electrons. The minimum Gasteiger partial charge on any atom is -0.508 e. The average molecular weight is 862 g/mol. The van der Waals surface area contributed by atoms with Gasteiger partial charge < -0.3 is 19.3 Å². The Morgan fingerprint density at radius 2 is 1.61 bits per heavy atom. The van der Waals surface area contributed by atoms with Gasteiger partial charge in [-0.3, -0.25) is 0 Å². The number of aliphatic hydroxyl groups is 1. The average Bonchev–Trinajstić information content (AvgIpc) is 3.03. The van der Waals surface area contributed by atoms with Crippen LogP contribution in [-0.4, -0.2) is 34.2 Å².